The predicted molar refractivity (Wildman–Crippen MR) is 38.4 cm³/mol. The number of alkyl halides is 3. The number of carbonyl (C=O) groups is 1. The summed E-state index contributed by atoms with van der Waals surface area (Å²) in [6, 6.07) is 2.18. The molecule has 0 atom stereocenters. The van der Waals surface area contributed by atoms with Gasteiger partial charge < -0.3 is 5.11 Å². The number of aromatic carboxylic acids is 1. The van der Waals surface area contributed by atoms with Gasteiger partial charge >= 0.3 is 12.1 Å². The normalized spacial score (nSPS) is 11.4. The highest BCUT2D eigenvalue weighted by Crippen LogP contribution is 2.33. The third kappa shape index (κ3) is 1.84. The number of carboxylic acid groups (broad SMARTS) is 1. The Morgan fingerprint density at radius 1 is 1.29 bits per heavy atom. The predicted octanol–water partition coefficient (Wildman–Crippen LogP) is 2.54. The van der Waals surface area contributed by atoms with Gasteiger partial charge in [-0.2, -0.15) is 13.2 Å². The summed E-state index contributed by atoms with van der Waals surface area (Å²) in [5.41, 5.74) is -2.83. The van der Waals surface area contributed by atoms with Crippen LogP contribution in [-0.4, -0.2) is 11.1 Å². The molecule has 2 nitrogen and oxygen atoms in total. The zero-order chi connectivity index (χ0) is 10.9. The lowest BCUT2D eigenvalue weighted by Gasteiger charge is -2.10. The summed E-state index contributed by atoms with van der Waals surface area (Å²) in [5, 5.41) is 8.39. The van der Waals surface area contributed by atoms with Crippen molar-refractivity contribution in [1.29, 1.82) is 0 Å². The van der Waals surface area contributed by atoms with Crippen LogP contribution in [0.5, 0.6) is 0 Å². The number of hydrogen-bond acceptors (Lipinski definition) is 1. The summed E-state index contributed by atoms with van der Waals surface area (Å²) in [6.07, 6.45) is -5.00. The Bertz CT molecular complexity index is 370. The molecule has 0 aromatic heterocycles. The van der Waals surface area contributed by atoms with Crippen LogP contribution in [0.3, 0.4) is 0 Å². The van der Waals surface area contributed by atoms with Gasteiger partial charge in [0.1, 0.15) is 11.4 Å². The molecule has 1 aromatic rings. The standard InChI is InChI=1S/C8H4F4O2/c9-5-3-1-2-4(7(13)14)6(5)8(10,11)12/h1-3H,(H,13,14). The Kier molecular flexibility index (Phi) is 2.46. The van der Waals surface area contributed by atoms with E-state index in [1.165, 1.54) is 0 Å². The minimum Gasteiger partial charge on any atom is -0.478 e. The first kappa shape index (κ1) is 10.5. The first-order valence-corrected chi connectivity index (χ1v) is 3.43. The number of carboxylic acids is 1. The molecule has 0 spiro atoms. The highest BCUT2D eigenvalue weighted by atomic mass is 19.4. The van der Waals surface area contributed by atoms with E-state index in [9.17, 15) is 22.4 Å². The fraction of sp³-hybridized carbons (Fsp3) is 0.125. The van der Waals surface area contributed by atoms with Crippen molar-refractivity contribution in [2.24, 2.45) is 0 Å². The third-order valence-electron chi connectivity index (χ3n) is 1.53. The van der Waals surface area contributed by atoms with Crippen LogP contribution in [0.4, 0.5) is 17.6 Å². The smallest absolute Gasteiger partial charge is 0.420 e. The Balaban J connectivity index is 3.45. The molecule has 76 valence electrons. The maximum Gasteiger partial charge on any atom is 0.420 e. The number of halogens is 4. The van der Waals surface area contributed by atoms with Crippen molar-refractivity contribution in [1.82, 2.24) is 0 Å². The SMILES string of the molecule is O=C(O)c1cccc(F)c1C(F)(F)F. The molecule has 0 amide bonds. The van der Waals surface area contributed by atoms with Gasteiger partial charge in [-0.05, 0) is 12.1 Å². The van der Waals surface area contributed by atoms with Gasteiger partial charge in [-0.3, -0.25) is 0 Å². The summed E-state index contributed by atoms with van der Waals surface area (Å²) in [5.74, 6) is -3.39. The number of rotatable bonds is 1. The van der Waals surface area contributed by atoms with Gasteiger partial charge in [0.25, 0.3) is 0 Å². The minimum absolute atomic E-state index is 0.565. The topological polar surface area (TPSA) is 37.3 Å². The third-order valence-corrected chi connectivity index (χ3v) is 1.53. The largest absolute Gasteiger partial charge is 0.478 e. The zero-order valence-electron chi connectivity index (χ0n) is 6.60. The first-order valence-electron chi connectivity index (χ1n) is 3.43. The maximum atomic E-state index is 12.7. The second-order valence-corrected chi connectivity index (χ2v) is 2.47. The number of benzene rings is 1. The molecule has 1 aromatic carbocycles. The average Bonchev–Trinajstić information content (AvgIpc) is 2.01. The van der Waals surface area contributed by atoms with Crippen LogP contribution in [0.2, 0.25) is 0 Å². The van der Waals surface area contributed by atoms with E-state index in [1.54, 1.807) is 0 Å². The lowest BCUT2D eigenvalue weighted by atomic mass is 10.1. The Morgan fingerprint density at radius 3 is 2.21 bits per heavy atom. The second-order valence-electron chi connectivity index (χ2n) is 2.47. The van der Waals surface area contributed by atoms with Crippen LogP contribution < -0.4 is 0 Å². The molecule has 1 N–H and O–H groups in total. The summed E-state index contributed by atoms with van der Waals surface area (Å²) in [4.78, 5) is 10.4. The molecular weight excluding hydrogens is 204 g/mol. The molecule has 14 heavy (non-hydrogen) atoms. The first-order chi connectivity index (χ1) is 6.34. The molecule has 0 radical (unpaired) electrons. The van der Waals surface area contributed by atoms with Crippen molar-refractivity contribution < 1.29 is 27.5 Å². The fourth-order valence-corrected chi connectivity index (χ4v) is 0.990. The van der Waals surface area contributed by atoms with Crippen LogP contribution in [0.25, 0.3) is 0 Å². The van der Waals surface area contributed by atoms with E-state index in [0.717, 1.165) is 6.07 Å². The van der Waals surface area contributed by atoms with Crippen molar-refractivity contribution in [3.05, 3.63) is 35.1 Å². The maximum absolute atomic E-state index is 12.7. The molecule has 0 unspecified atom stereocenters. The highest BCUT2D eigenvalue weighted by Gasteiger charge is 2.38. The molecule has 1 rings (SSSR count). The molecule has 0 heterocycles. The monoisotopic (exact) mass is 208 g/mol. The lowest BCUT2D eigenvalue weighted by Crippen LogP contribution is -2.15. The summed E-state index contributed by atoms with van der Waals surface area (Å²) < 4.78 is 49.2. The quantitative estimate of drug-likeness (QED) is 0.720. The van der Waals surface area contributed by atoms with Crippen molar-refractivity contribution in [2.75, 3.05) is 0 Å². The minimum atomic E-state index is -5.00. The lowest BCUT2D eigenvalue weighted by molar-refractivity contribution is -0.140. The van der Waals surface area contributed by atoms with Crippen LogP contribution in [-0.2, 0) is 6.18 Å². The molecule has 0 aliphatic carbocycles. The van der Waals surface area contributed by atoms with E-state index in [0.29, 0.717) is 12.1 Å². The van der Waals surface area contributed by atoms with Gasteiger partial charge in [0, 0.05) is 0 Å². The van der Waals surface area contributed by atoms with E-state index in [4.69, 9.17) is 5.11 Å². The Hall–Kier alpha value is -1.59. The van der Waals surface area contributed by atoms with E-state index < -0.39 is 29.1 Å². The van der Waals surface area contributed by atoms with E-state index in [1.807, 2.05) is 0 Å². The molecular formula is C8H4F4O2. The van der Waals surface area contributed by atoms with Crippen molar-refractivity contribution in [3.8, 4) is 0 Å². The van der Waals surface area contributed by atoms with Gasteiger partial charge in [0.15, 0.2) is 0 Å². The highest BCUT2D eigenvalue weighted by molar-refractivity contribution is 5.89. The van der Waals surface area contributed by atoms with Gasteiger partial charge in [-0.1, -0.05) is 6.07 Å². The summed E-state index contributed by atoms with van der Waals surface area (Å²) >= 11 is 0. The molecule has 0 aliphatic rings. The van der Waals surface area contributed by atoms with Gasteiger partial charge in [0.2, 0.25) is 0 Å². The van der Waals surface area contributed by atoms with Crippen molar-refractivity contribution in [2.45, 2.75) is 6.18 Å². The van der Waals surface area contributed by atoms with Gasteiger partial charge in [-0.25, -0.2) is 9.18 Å². The van der Waals surface area contributed by atoms with Crippen LogP contribution in [0, 0.1) is 5.82 Å². The molecule has 0 fully saturated rings. The van der Waals surface area contributed by atoms with Crippen molar-refractivity contribution >= 4 is 5.97 Å². The fourth-order valence-electron chi connectivity index (χ4n) is 0.990. The number of hydrogen-bond donors (Lipinski definition) is 1. The van der Waals surface area contributed by atoms with E-state index in [-0.39, 0.29) is 0 Å². The molecule has 0 aliphatic heterocycles. The van der Waals surface area contributed by atoms with Crippen molar-refractivity contribution in [3.63, 3.8) is 0 Å². The molecule has 0 bridgehead atoms. The summed E-state index contributed by atoms with van der Waals surface area (Å²) in [7, 11) is 0. The van der Waals surface area contributed by atoms with E-state index in [2.05, 4.69) is 0 Å². The van der Waals surface area contributed by atoms with Crippen LogP contribution in [0.15, 0.2) is 18.2 Å². The molecule has 0 saturated carbocycles. The average molecular weight is 208 g/mol. The van der Waals surface area contributed by atoms with Crippen LogP contribution in [0.1, 0.15) is 15.9 Å². The Labute approximate surface area is 75.8 Å². The molecule has 0 saturated heterocycles. The Morgan fingerprint density at radius 2 is 1.86 bits per heavy atom. The van der Waals surface area contributed by atoms with E-state index >= 15 is 0 Å². The van der Waals surface area contributed by atoms with Crippen LogP contribution >= 0.6 is 0 Å². The molecule has 6 heteroatoms. The zero-order valence-corrected chi connectivity index (χ0v) is 6.60. The van der Waals surface area contributed by atoms with Gasteiger partial charge in [0.05, 0.1) is 5.56 Å². The van der Waals surface area contributed by atoms with Gasteiger partial charge in [-0.15, -0.1) is 0 Å². The second kappa shape index (κ2) is 3.28. The summed E-state index contributed by atoms with van der Waals surface area (Å²) in [6.45, 7) is 0.